The van der Waals surface area contributed by atoms with Crippen molar-refractivity contribution in [3.63, 3.8) is 0 Å². The van der Waals surface area contributed by atoms with E-state index in [1.54, 1.807) is 0 Å². The molecule has 1 aromatic carbocycles. The van der Waals surface area contributed by atoms with Gasteiger partial charge in [0.15, 0.2) is 0 Å². The normalized spacial score (nSPS) is 16.0. The van der Waals surface area contributed by atoms with E-state index in [1.165, 1.54) is 5.56 Å². The van der Waals surface area contributed by atoms with Crippen LogP contribution in [0.4, 0.5) is 5.69 Å². The average molecular weight is 258 g/mol. The molecule has 0 atom stereocenters. The largest absolute Gasteiger partial charge is 0.476 e. The van der Waals surface area contributed by atoms with Crippen molar-refractivity contribution in [1.29, 1.82) is 0 Å². The summed E-state index contributed by atoms with van der Waals surface area (Å²) in [7, 11) is 0. The predicted octanol–water partition coefficient (Wildman–Crippen LogP) is 3.77. The van der Waals surface area contributed by atoms with Crippen LogP contribution in [0.25, 0.3) is 0 Å². The molecule has 0 spiro atoms. The second kappa shape index (κ2) is 5.47. The summed E-state index contributed by atoms with van der Waals surface area (Å²) < 4.78 is 5.47. The number of aliphatic imine (C=N–C) groups is 1. The lowest BCUT2D eigenvalue weighted by atomic mass is 9.91. The molecule has 0 bridgehead atoms. The number of benzene rings is 1. The Hall–Kier alpha value is -1.77. The minimum atomic E-state index is 0.0133. The Kier molecular flexibility index (Phi) is 3.93. The molecule has 0 amide bonds. The number of hydrogen-bond acceptors (Lipinski definition) is 3. The minimum Gasteiger partial charge on any atom is -0.476 e. The van der Waals surface area contributed by atoms with E-state index < -0.39 is 0 Å². The predicted molar refractivity (Wildman–Crippen MR) is 80.6 cm³/mol. The fourth-order valence-corrected chi connectivity index (χ4v) is 1.79. The van der Waals surface area contributed by atoms with Gasteiger partial charge in [-0.15, -0.1) is 0 Å². The van der Waals surface area contributed by atoms with Crippen molar-refractivity contribution < 1.29 is 4.74 Å². The van der Waals surface area contributed by atoms with Crippen LogP contribution in [0, 0.1) is 12.3 Å². The molecule has 0 aliphatic carbocycles. The summed E-state index contributed by atoms with van der Waals surface area (Å²) in [6.07, 6.45) is 2.01. The van der Waals surface area contributed by atoms with Crippen molar-refractivity contribution in [1.82, 2.24) is 0 Å². The third kappa shape index (κ3) is 3.85. The molecule has 102 valence electrons. The number of allylic oxidation sites excluding steroid dienone is 1. The van der Waals surface area contributed by atoms with E-state index >= 15 is 0 Å². The van der Waals surface area contributed by atoms with E-state index in [-0.39, 0.29) is 5.41 Å². The van der Waals surface area contributed by atoms with Gasteiger partial charge < -0.3 is 10.1 Å². The number of nitrogens with zero attached hydrogens (tertiary/aromatic N) is 1. The number of aryl methyl sites for hydroxylation is 1. The Labute approximate surface area is 115 Å². The number of hydrogen-bond donors (Lipinski definition) is 1. The molecule has 1 aliphatic heterocycles. The second-order valence-corrected chi connectivity index (χ2v) is 5.87. The summed E-state index contributed by atoms with van der Waals surface area (Å²) in [5, 5.41) is 3.47. The number of anilines is 1. The monoisotopic (exact) mass is 258 g/mol. The molecular formula is C16H22N2O. The molecule has 1 aliphatic rings. The third-order valence-electron chi connectivity index (χ3n) is 3.02. The molecule has 0 radical (unpaired) electrons. The summed E-state index contributed by atoms with van der Waals surface area (Å²) in [5.74, 6) is 0.726. The zero-order valence-electron chi connectivity index (χ0n) is 12.2. The SMILES string of the molecule is Cc1ccc(N/C(=C\C2=NCCO2)C(C)(C)C)cc1. The molecule has 0 unspecified atom stereocenters. The molecule has 0 fully saturated rings. The molecule has 0 aromatic heterocycles. The molecule has 0 saturated carbocycles. The van der Waals surface area contributed by atoms with Crippen molar-refractivity contribution in [3.05, 3.63) is 41.6 Å². The Morgan fingerprint density at radius 2 is 1.95 bits per heavy atom. The van der Waals surface area contributed by atoms with E-state index in [4.69, 9.17) is 4.74 Å². The van der Waals surface area contributed by atoms with E-state index in [1.807, 2.05) is 6.08 Å². The van der Waals surface area contributed by atoms with Crippen LogP contribution in [-0.4, -0.2) is 19.0 Å². The van der Waals surface area contributed by atoms with Gasteiger partial charge in [0.2, 0.25) is 5.90 Å². The molecular weight excluding hydrogens is 236 g/mol. The van der Waals surface area contributed by atoms with Gasteiger partial charge in [-0.3, -0.25) is 0 Å². The topological polar surface area (TPSA) is 33.6 Å². The summed E-state index contributed by atoms with van der Waals surface area (Å²) in [5.41, 5.74) is 3.47. The highest BCUT2D eigenvalue weighted by molar-refractivity contribution is 5.90. The molecule has 1 N–H and O–H groups in total. The van der Waals surface area contributed by atoms with Gasteiger partial charge in [-0.1, -0.05) is 38.5 Å². The van der Waals surface area contributed by atoms with Gasteiger partial charge in [0.1, 0.15) is 6.61 Å². The smallest absolute Gasteiger partial charge is 0.210 e. The van der Waals surface area contributed by atoms with Crippen LogP contribution in [0.3, 0.4) is 0 Å². The maximum Gasteiger partial charge on any atom is 0.210 e. The molecule has 1 aromatic rings. The standard InChI is InChI=1S/C16H22N2O/c1-12-5-7-13(8-6-12)18-14(16(2,3)4)11-15-17-9-10-19-15/h5-8,11,18H,9-10H2,1-4H3/b14-11-. The van der Waals surface area contributed by atoms with Crippen molar-refractivity contribution >= 4 is 11.6 Å². The van der Waals surface area contributed by atoms with Crippen LogP contribution in [0.15, 0.2) is 41.0 Å². The highest BCUT2D eigenvalue weighted by Gasteiger charge is 2.19. The molecule has 19 heavy (non-hydrogen) atoms. The van der Waals surface area contributed by atoms with Gasteiger partial charge >= 0.3 is 0 Å². The maximum atomic E-state index is 5.47. The summed E-state index contributed by atoms with van der Waals surface area (Å²) in [6.45, 7) is 10.1. The molecule has 0 saturated heterocycles. The second-order valence-electron chi connectivity index (χ2n) is 5.87. The van der Waals surface area contributed by atoms with Crippen LogP contribution in [0.2, 0.25) is 0 Å². The summed E-state index contributed by atoms with van der Waals surface area (Å²) >= 11 is 0. The van der Waals surface area contributed by atoms with Gasteiger partial charge in [0.05, 0.1) is 6.54 Å². The fourth-order valence-electron chi connectivity index (χ4n) is 1.79. The van der Waals surface area contributed by atoms with Gasteiger partial charge in [-0.05, 0) is 19.1 Å². The van der Waals surface area contributed by atoms with E-state index in [9.17, 15) is 0 Å². The van der Waals surface area contributed by atoms with Crippen molar-refractivity contribution in [3.8, 4) is 0 Å². The maximum absolute atomic E-state index is 5.47. The quantitative estimate of drug-likeness (QED) is 0.895. The van der Waals surface area contributed by atoms with Crippen molar-refractivity contribution in [2.75, 3.05) is 18.5 Å². The van der Waals surface area contributed by atoms with Gasteiger partial charge in [-0.2, -0.15) is 0 Å². The first-order valence-electron chi connectivity index (χ1n) is 6.68. The first kappa shape index (κ1) is 13.7. The Morgan fingerprint density at radius 1 is 1.26 bits per heavy atom. The first-order valence-corrected chi connectivity index (χ1v) is 6.68. The number of nitrogens with one attached hydrogen (secondary N) is 1. The van der Waals surface area contributed by atoms with Gasteiger partial charge in [-0.25, -0.2) is 4.99 Å². The van der Waals surface area contributed by atoms with E-state index in [2.05, 4.69) is 62.3 Å². The van der Waals surface area contributed by atoms with Crippen LogP contribution < -0.4 is 5.32 Å². The lowest BCUT2D eigenvalue weighted by Crippen LogP contribution is -2.18. The van der Waals surface area contributed by atoms with Crippen LogP contribution in [0.1, 0.15) is 26.3 Å². The van der Waals surface area contributed by atoms with E-state index in [0.717, 1.165) is 23.8 Å². The average Bonchev–Trinajstić information content (AvgIpc) is 2.83. The van der Waals surface area contributed by atoms with Gasteiger partial charge in [0.25, 0.3) is 0 Å². The van der Waals surface area contributed by atoms with E-state index in [0.29, 0.717) is 6.61 Å². The Morgan fingerprint density at radius 3 is 2.47 bits per heavy atom. The highest BCUT2D eigenvalue weighted by Crippen LogP contribution is 2.27. The fraction of sp³-hybridized carbons (Fsp3) is 0.438. The first-order chi connectivity index (χ1) is 8.95. The Balaban J connectivity index is 2.21. The third-order valence-corrected chi connectivity index (χ3v) is 3.02. The van der Waals surface area contributed by atoms with Crippen molar-refractivity contribution in [2.24, 2.45) is 10.4 Å². The molecule has 3 heteroatoms. The number of rotatable bonds is 3. The molecule has 1 heterocycles. The lowest BCUT2D eigenvalue weighted by molar-refractivity contribution is 0.349. The van der Waals surface area contributed by atoms with Gasteiger partial charge in [0, 0.05) is 22.9 Å². The molecule has 3 nitrogen and oxygen atoms in total. The van der Waals surface area contributed by atoms with Crippen LogP contribution >= 0.6 is 0 Å². The summed E-state index contributed by atoms with van der Waals surface area (Å²) in [4.78, 5) is 4.32. The lowest BCUT2D eigenvalue weighted by Gasteiger charge is -2.24. The minimum absolute atomic E-state index is 0.0133. The van der Waals surface area contributed by atoms with Crippen molar-refractivity contribution in [2.45, 2.75) is 27.7 Å². The Bertz CT molecular complexity index is 492. The van der Waals surface area contributed by atoms with Crippen LogP contribution in [-0.2, 0) is 4.74 Å². The number of ether oxygens (including phenoxy) is 1. The zero-order valence-corrected chi connectivity index (χ0v) is 12.2. The highest BCUT2D eigenvalue weighted by atomic mass is 16.5. The summed E-state index contributed by atoms with van der Waals surface area (Å²) in [6, 6.07) is 8.39. The van der Waals surface area contributed by atoms with Crippen LogP contribution in [0.5, 0.6) is 0 Å². The molecule has 2 rings (SSSR count). The zero-order chi connectivity index (χ0) is 13.9.